The fourth-order valence-corrected chi connectivity index (χ4v) is 5.18. The molecule has 3 amide bonds. The maximum atomic E-state index is 14.1. The van der Waals surface area contributed by atoms with Crippen molar-refractivity contribution in [1.82, 2.24) is 15.1 Å². The van der Waals surface area contributed by atoms with Gasteiger partial charge in [-0.25, -0.2) is 13.6 Å². The number of likely N-dealkylation sites (tertiary alicyclic amines) is 1. The Morgan fingerprint density at radius 2 is 1.79 bits per heavy atom. The molecule has 0 saturated carbocycles. The Balaban J connectivity index is 1.38. The average Bonchev–Trinajstić information content (AvgIpc) is 3.11. The van der Waals surface area contributed by atoms with Gasteiger partial charge in [-0.1, -0.05) is 31.2 Å². The van der Waals surface area contributed by atoms with Gasteiger partial charge in [-0.05, 0) is 68.5 Å². The number of piperidine rings is 1. The van der Waals surface area contributed by atoms with E-state index in [0.29, 0.717) is 57.4 Å². The monoisotopic (exact) mass is 471 g/mol. The summed E-state index contributed by atoms with van der Waals surface area (Å²) in [4.78, 5) is 29.7. The van der Waals surface area contributed by atoms with Crippen molar-refractivity contribution < 1.29 is 23.1 Å². The highest BCUT2D eigenvalue weighted by molar-refractivity contribution is 6.07. The number of hydrogen-bond acceptors (Lipinski definition) is 4. The molecule has 0 aromatic heterocycles. The molecule has 0 spiro atoms. The Morgan fingerprint density at radius 3 is 2.44 bits per heavy atom. The lowest BCUT2D eigenvalue weighted by molar-refractivity contribution is -0.134. The summed E-state index contributed by atoms with van der Waals surface area (Å²) in [5.41, 5.74) is 0.444. The Hall–Kier alpha value is -3.00. The summed E-state index contributed by atoms with van der Waals surface area (Å²) in [5.74, 6) is -1.06. The van der Waals surface area contributed by atoms with Crippen molar-refractivity contribution in [3.63, 3.8) is 0 Å². The third kappa shape index (κ3) is 4.64. The lowest BCUT2D eigenvalue weighted by Crippen LogP contribution is -2.55. The number of hydrogen-bond donors (Lipinski definition) is 1. The molecular formula is C26H31F2N3O3. The number of amides is 3. The molecule has 182 valence electrons. The van der Waals surface area contributed by atoms with Crippen LogP contribution in [0.5, 0.6) is 5.75 Å². The molecule has 2 aromatic rings. The van der Waals surface area contributed by atoms with Gasteiger partial charge in [0.2, 0.25) is 0 Å². The Morgan fingerprint density at radius 1 is 1.09 bits per heavy atom. The van der Waals surface area contributed by atoms with E-state index >= 15 is 0 Å². The summed E-state index contributed by atoms with van der Waals surface area (Å²) in [7, 11) is 1.61. The summed E-state index contributed by atoms with van der Waals surface area (Å²) in [5, 5.41) is 3.01. The molecule has 0 aliphatic carbocycles. The minimum Gasteiger partial charge on any atom is -0.497 e. The number of carbonyl (C=O) groups is 2. The highest BCUT2D eigenvalue weighted by Crippen LogP contribution is 2.36. The van der Waals surface area contributed by atoms with E-state index in [-0.39, 0.29) is 17.9 Å². The zero-order valence-electron chi connectivity index (χ0n) is 19.7. The molecule has 0 bridgehead atoms. The molecule has 2 fully saturated rings. The number of halogens is 2. The van der Waals surface area contributed by atoms with Gasteiger partial charge in [-0.2, -0.15) is 0 Å². The van der Waals surface area contributed by atoms with Crippen LogP contribution in [0.3, 0.4) is 0 Å². The van der Waals surface area contributed by atoms with Gasteiger partial charge >= 0.3 is 6.03 Å². The van der Waals surface area contributed by atoms with Crippen molar-refractivity contribution in [3.8, 4) is 5.75 Å². The zero-order valence-corrected chi connectivity index (χ0v) is 19.7. The molecule has 1 atom stereocenters. The smallest absolute Gasteiger partial charge is 0.325 e. The molecule has 2 heterocycles. The van der Waals surface area contributed by atoms with Crippen LogP contribution in [0.1, 0.15) is 37.3 Å². The van der Waals surface area contributed by atoms with E-state index in [4.69, 9.17) is 4.74 Å². The molecule has 2 aromatic carbocycles. The van der Waals surface area contributed by atoms with E-state index in [0.717, 1.165) is 17.4 Å². The van der Waals surface area contributed by atoms with Crippen molar-refractivity contribution in [2.45, 2.75) is 44.7 Å². The Bertz CT molecular complexity index is 1040. The largest absolute Gasteiger partial charge is 0.497 e. The van der Waals surface area contributed by atoms with Crippen molar-refractivity contribution in [2.75, 3.05) is 26.7 Å². The number of nitrogens with one attached hydrogen (secondary N) is 1. The molecule has 2 aliphatic heterocycles. The SMILES string of the molecule is CCC1(C2CCN(Cc3cccc(F)c3F)CC2)NC(=O)N(CCc2ccc(OC)cc2)C1=O. The fourth-order valence-electron chi connectivity index (χ4n) is 5.18. The molecule has 8 heteroatoms. The van der Waals surface area contributed by atoms with Crippen LogP contribution >= 0.6 is 0 Å². The second-order valence-electron chi connectivity index (χ2n) is 9.07. The molecule has 4 rings (SSSR count). The highest BCUT2D eigenvalue weighted by Gasteiger charge is 2.54. The number of imide groups is 1. The molecule has 1 unspecified atom stereocenters. The van der Waals surface area contributed by atoms with Crippen molar-refractivity contribution in [2.24, 2.45) is 5.92 Å². The van der Waals surface area contributed by atoms with E-state index in [9.17, 15) is 18.4 Å². The summed E-state index contributed by atoms with van der Waals surface area (Å²) < 4.78 is 32.8. The summed E-state index contributed by atoms with van der Waals surface area (Å²) >= 11 is 0. The summed E-state index contributed by atoms with van der Waals surface area (Å²) in [6.45, 7) is 3.87. The third-order valence-electron chi connectivity index (χ3n) is 7.25. The predicted octanol–water partition coefficient (Wildman–Crippen LogP) is 4.13. The molecule has 34 heavy (non-hydrogen) atoms. The Kier molecular flexibility index (Phi) is 7.16. The van der Waals surface area contributed by atoms with Crippen LogP contribution in [-0.2, 0) is 17.8 Å². The maximum absolute atomic E-state index is 14.1. The second-order valence-corrected chi connectivity index (χ2v) is 9.07. The van der Waals surface area contributed by atoms with Crippen LogP contribution in [0.15, 0.2) is 42.5 Å². The normalized spacial score (nSPS) is 21.7. The fraction of sp³-hybridized carbons (Fsp3) is 0.462. The van der Waals surface area contributed by atoms with Crippen LogP contribution in [-0.4, -0.2) is 54.0 Å². The van der Waals surface area contributed by atoms with Crippen LogP contribution in [0.2, 0.25) is 0 Å². The topological polar surface area (TPSA) is 61.9 Å². The molecule has 6 nitrogen and oxygen atoms in total. The number of rotatable bonds is 8. The van der Waals surface area contributed by atoms with Crippen molar-refractivity contribution in [1.29, 1.82) is 0 Å². The first-order valence-corrected chi connectivity index (χ1v) is 11.8. The van der Waals surface area contributed by atoms with Gasteiger partial charge in [0.1, 0.15) is 11.3 Å². The lowest BCUT2D eigenvalue weighted by Gasteiger charge is -2.40. The number of benzene rings is 2. The van der Waals surface area contributed by atoms with E-state index in [1.54, 1.807) is 13.2 Å². The molecule has 0 radical (unpaired) electrons. The quantitative estimate of drug-likeness (QED) is 0.588. The summed E-state index contributed by atoms with van der Waals surface area (Å²) in [6.07, 6.45) is 2.48. The lowest BCUT2D eigenvalue weighted by atomic mass is 9.75. The summed E-state index contributed by atoms with van der Waals surface area (Å²) in [6, 6.07) is 11.5. The van der Waals surface area contributed by atoms with Crippen LogP contribution in [0.25, 0.3) is 0 Å². The van der Waals surface area contributed by atoms with Crippen molar-refractivity contribution in [3.05, 3.63) is 65.2 Å². The number of methoxy groups -OCH3 is 1. The first-order chi connectivity index (χ1) is 16.4. The van der Waals surface area contributed by atoms with Gasteiger partial charge in [0.15, 0.2) is 11.6 Å². The number of carbonyl (C=O) groups excluding carboxylic acids is 2. The van der Waals surface area contributed by atoms with Gasteiger partial charge in [-0.15, -0.1) is 0 Å². The van der Waals surface area contributed by atoms with E-state index in [1.165, 1.54) is 11.0 Å². The number of urea groups is 1. The molecule has 2 saturated heterocycles. The average molecular weight is 472 g/mol. The maximum Gasteiger partial charge on any atom is 0.325 e. The predicted molar refractivity (Wildman–Crippen MR) is 124 cm³/mol. The first kappa shape index (κ1) is 24.1. The standard InChI is InChI=1S/C26H31F2N3O3/c1-3-26(20-12-14-30(15-13-20)17-19-5-4-6-22(27)23(19)28)24(32)31(25(33)29-26)16-11-18-7-9-21(34-2)10-8-18/h4-10,20H,3,11-17H2,1-2H3,(H,29,33). The van der Waals surface area contributed by atoms with Gasteiger partial charge in [0.25, 0.3) is 5.91 Å². The molecule has 2 aliphatic rings. The second kappa shape index (κ2) is 10.1. The van der Waals surface area contributed by atoms with E-state index in [1.807, 2.05) is 31.2 Å². The zero-order chi connectivity index (χ0) is 24.3. The van der Waals surface area contributed by atoms with Gasteiger partial charge in [0, 0.05) is 18.7 Å². The Labute approximate surface area is 198 Å². The van der Waals surface area contributed by atoms with E-state index in [2.05, 4.69) is 10.2 Å². The van der Waals surface area contributed by atoms with Gasteiger partial charge in [-0.3, -0.25) is 14.6 Å². The number of ether oxygens (including phenoxy) is 1. The molecular weight excluding hydrogens is 440 g/mol. The highest BCUT2D eigenvalue weighted by atomic mass is 19.2. The minimum atomic E-state index is -0.910. The van der Waals surface area contributed by atoms with E-state index < -0.39 is 17.2 Å². The minimum absolute atomic E-state index is 0.00598. The van der Waals surface area contributed by atoms with Crippen LogP contribution < -0.4 is 10.1 Å². The van der Waals surface area contributed by atoms with Gasteiger partial charge < -0.3 is 10.1 Å². The van der Waals surface area contributed by atoms with Crippen LogP contribution in [0, 0.1) is 17.6 Å². The van der Waals surface area contributed by atoms with Crippen molar-refractivity contribution >= 4 is 11.9 Å². The third-order valence-corrected chi connectivity index (χ3v) is 7.25. The van der Waals surface area contributed by atoms with Crippen LogP contribution in [0.4, 0.5) is 13.6 Å². The first-order valence-electron chi connectivity index (χ1n) is 11.8. The number of nitrogens with zero attached hydrogens (tertiary/aromatic N) is 2. The van der Waals surface area contributed by atoms with Gasteiger partial charge in [0.05, 0.1) is 7.11 Å². The molecule has 1 N–H and O–H groups in total.